The van der Waals surface area contributed by atoms with Crippen molar-refractivity contribution in [2.45, 2.75) is 109 Å². The molecule has 8 aromatic rings. The van der Waals surface area contributed by atoms with Gasteiger partial charge in [0, 0.05) is 59.0 Å². The lowest BCUT2D eigenvalue weighted by atomic mass is 9.88. The van der Waals surface area contributed by atoms with Crippen LogP contribution in [0.25, 0.3) is 54.6 Å². The van der Waals surface area contributed by atoms with Crippen molar-refractivity contribution in [3.05, 3.63) is 123 Å². The molecule has 84 heavy (non-hydrogen) atoms. The van der Waals surface area contributed by atoms with Crippen LogP contribution in [-0.2, 0) is 20.9 Å². The van der Waals surface area contributed by atoms with Gasteiger partial charge in [-0.3, -0.25) is 14.7 Å². The Bertz CT molecular complexity index is 4020. The van der Waals surface area contributed by atoms with E-state index in [1.165, 1.54) is 33.1 Å². The minimum atomic E-state index is -1.04. The highest BCUT2D eigenvalue weighted by Gasteiger charge is 2.46. The molecule has 23 heteroatoms. The Morgan fingerprint density at radius 2 is 1.82 bits per heavy atom. The van der Waals surface area contributed by atoms with Gasteiger partial charge in [-0.2, -0.15) is 15.1 Å². The molecule has 14 rings (SSSR count). The number of amides is 2. The number of nitrogens with zero attached hydrogens (tertiary/aromatic N) is 9. The van der Waals surface area contributed by atoms with Gasteiger partial charge in [0.25, 0.3) is 0 Å². The molecule has 2 amide bonds. The summed E-state index contributed by atoms with van der Waals surface area (Å²) in [5.74, 6) is -0.958. The zero-order valence-corrected chi connectivity index (χ0v) is 47.3. The summed E-state index contributed by atoms with van der Waals surface area (Å²) in [4.78, 5) is 47.9. The van der Waals surface area contributed by atoms with Crippen LogP contribution in [0.2, 0.25) is 0 Å². The van der Waals surface area contributed by atoms with Gasteiger partial charge in [0.05, 0.1) is 89.3 Å². The first-order valence-electron chi connectivity index (χ1n) is 28.5. The number of benzene rings is 4. The number of aromatic amines is 1. The summed E-state index contributed by atoms with van der Waals surface area (Å²) in [7, 11) is 0. The first-order valence-corrected chi connectivity index (χ1v) is 29.4. The maximum atomic E-state index is 16.9. The summed E-state index contributed by atoms with van der Waals surface area (Å²) in [6.45, 7) is 8.45. The maximum absolute atomic E-state index is 16.9. The Kier molecular flexibility index (Phi) is 13.7. The van der Waals surface area contributed by atoms with Crippen LogP contribution in [0.3, 0.4) is 0 Å². The van der Waals surface area contributed by atoms with Crippen molar-refractivity contribution in [2.75, 3.05) is 44.4 Å². The number of rotatable bonds is 16. The number of aromatic nitrogens is 8. The zero-order valence-electron chi connectivity index (χ0n) is 46.5. The minimum absolute atomic E-state index is 0.00554. The van der Waals surface area contributed by atoms with Crippen LogP contribution >= 0.6 is 11.3 Å². The molecule has 4 aromatic carbocycles. The molecule has 432 valence electrons. The smallest absolute Gasteiger partial charge is 0.319 e. The van der Waals surface area contributed by atoms with E-state index < -0.39 is 54.3 Å². The van der Waals surface area contributed by atoms with Gasteiger partial charge in [-0.1, -0.05) is 61.2 Å². The van der Waals surface area contributed by atoms with Gasteiger partial charge in [0.15, 0.2) is 11.6 Å². The van der Waals surface area contributed by atoms with Crippen LogP contribution in [0, 0.1) is 31.4 Å². The third-order valence-electron chi connectivity index (χ3n) is 17.0. The number of carbonyl (C=O) groups is 2. The first kappa shape index (κ1) is 53.7. The Hall–Kier alpha value is -8.34. The van der Waals surface area contributed by atoms with Crippen LogP contribution in [0.5, 0.6) is 17.5 Å². The van der Waals surface area contributed by atoms with Gasteiger partial charge < -0.3 is 49.6 Å². The maximum Gasteiger partial charge on any atom is 0.319 e. The highest BCUT2D eigenvalue weighted by atomic mass is 32.1. The fourth-order valence-electron chi connectivity index (χ4n) is 12.6. The van der Waals surface area contributed by atoms with Gasteiger partial charge >= 0.3 is 6.01 Å². The molecule has 2 saturated heterocycles. The van der Waals surface area contributed by atoms with Crippen LogP contribution in [0.4, 0.5) is 14.6 Å². The molecule has 4 aromatic heterocycles. The number of H-pyrrole nitrogens is 1. The van der Waals surface area contributed by atoms with Crippen molar-refractivity contribution in [3.8, 4) is 50.3 Å². The lowest BCUT2D eigenvalue weighted by molar-refractivity contribution is -0.142. The molecule has 1 saturated carbocycles. The number of hydrogen-bond acceptors (Lipinski definition) is 17. The van der Waals surface area contributed by atoms with E-state index in [4.69, 9.17) is 28.9 Å². The Labute approximate surface area is 484 Å². The van der Waals surface area contributed by atoms with E-state index in [2.05, 4.69) is 46.8 Å². The van der Waals surface area contributed by atoms with E-state index in [1.807, 2.05) is 45.0 Å². The molecule has 5 N–H and O–H groups in total. The van der Waals surface area contributed by atoms with Crippen LogP contribution in [0.15, 0.2) is 83.6 Å². The summed E-state index contributed by atoms with van der Waals surface area (Å²) in [5.41, 5.74) is 13.6. The molecule has 6 aliphatic rings. The summed E-state index contributed by atoms with van der Waals surface area (Å²) in [6, 6.07) is 10.7. The van der Waals surface area contributed by atoms with E-state index in [9.17, 15) is 19.8 Å². The van der Waals surface area contributed by atoms with Gasteiger partial charge in [0.2, 0.25) is 11.8 Å². The largest absolute Gasteiger partial charge is 0.490 e. The van der Waals surface area contributed by atoms with Crippen molar-refractivity contribution in [1.82, 2.24) is 55.7 Å². The van der Waals surface area contributed by atoms with Crippen LogP contribution in [-0.4, -0.2) is 131 Å². The molecular weight excluding hydrogens is 1100 g/mol. The Morgan fingerprint density at radius 3 is 2.57 bits per heavy atom. The van der Waals surface area contributed by atoms with E-state index in [-0.39, 0.29) is 73.2 Å². The Balaban J connectivity index is 0.777. The average Bonchev–Trinajstić information content (AvgIpc) is 1.77. The predicted molar refractivity (Wildman–Crippen MR) is 306 cm³/mol. The number of likely N-dealkylation sites (tertiary alicyclic amines) is 1. The van der Waals surface area contributed by atoms with Gasteiger partial charge in [-0.25, -0.2) is 18.4 Å². The van der Waals surface area contributed by atoms with Gasteiger partial charge in [0.1, 0.15) is 66.0 Å². The standard InChI is InChI=1S/C61H60F2N12O8S/c1-29(2)54(60(79)73-23-38(77)19-47(73)59(78)67-46(25-76)32-5-9-34(10-6-32)57-31(4)65-28-84-57)74-24-45(71-72-74)35-11-12-36(42(63)17-35)26-81-56-51(49-30(3)41(62)20-43-40(49)22-66-70-43)50(33-7-8-33)55-52-53(56)68-61(83-39-13-15-80-16-14-39)69-58(52)75-37-18-44(64-21-37)48(75)27-82-55/h5-6,9-12,17,20,22,24,28-29,33,38-39,46-48,54,64,76-77H,7-8,13-16,19,21,23,25-27H2,1-4H3,(H,66,70)(H,67,78)/t38-,46+,47+,48-,54+/m1/s1. The number of aryl methyl sites for hydroxylation is 1. The van der Waals surface area contributed by atoms with Gasteiger partial charge in [-0.05, 0) is 67.3 Å². The van der Waals surface area contributed by atoms with Crippen LogP contribution in [0.1, 0.15) is 91.9 Å². The fraction of sp³-hybridized carbons (Fsp3) is 0.393. The first-order chi connectivity index (χ1) is 40.8. The number of carbonyl (C=O) groups excluding carboxylic acids is 2. The SMILES string of the molecule is Cc1ncsc1-c1ccc([C@H](CO)NC(=O)[C@@H]2C[C@@H](O)CN2C(=O)[C@H](C(C)C)n2cc(-c3ccc(COc4c(-c5c(C)c(F)cc6[nH]ncc56)c(C5CC5)c5c6c(nc(OC7CCOCC7)nc46)N4C6=C=C(NC6)[C@H]4CO5)c(F)c3)nn2)cc1. The minimum Gasteiger partial charge on any atom is -0.490 e. The summed E-state index contributed by atoms with van der Waals surface area (Å²) in [6.07, 6.45) is 4.99. The monoisotopic (exact) mass is 1160 g/mol. The molecular formula is C61H60F2N12O8S. The number of aliphatic hydroxyl groups excluding tert-OH is 2. The molecule has 3 fully saturated rings. The van der Waals surface area contributed by atoms with E-state index in [0.717, 1.165) is 45.9 Å². The zero-order chi connectivity index (χ0) is 57.7. The third kappa shape index (κ3) is 9.38. The van der Waals surface area contributed by atoms with Crippen molar-refractivity contribution in [1.29, 1.82) is 0 Å². The van der Waals surface area contributed by atoms with E-state index >= 15 is 8.78 Å². The normalized spacial score (nSPS) is 19.9. The van der Waals surface area contributed by atoms with E-state index in [1.54, 1.807) is 37.0 Å². The number of nitrogens with one attached hydrogen (secondary N) is 3. The second-order valence-electron chi connectivity index (χ2n) is 22.8. The summed E-state index contributed by atoms with van der Waals surface area (Å²) >= 11 is 1.52. The lowest BCUT2D eigenvalue weighted by Crippen LogP contribution is -2.50. The third-order valence-corrected chi connectivity index (χ3v) is 18.0. The number of aliphatic hydroxyl groups is 2. The molecule has 5 atom stereocenters. The molecule has 5 aliphatic heterocycles. The highest BCUT2D eigenvalue weighted by molar-refractivity contribution is 7.13. The number of fused-ring (bicyclic) bond motifs is 5. The molecule has 20 nitrogen and oxygen atoms in total. The summed E-state index contributed by atoms with van der Waals surface area (Å²) < 4.78 is 61.0. The molecule has 0 spiro atoms. The molecule has 1 aliphatic carbocycles. The average molecular weight is 1160 g/mol. The van der Waals surface area contributed by atoms with Crippen molar-refractivity contribution in [2.24, 2.45) is 5.92 Å². The molecule has 0 radical (unpaired) electrons. The topological polar surface area (TPSA) is 240 Å². The molecule has 0 unspecified atom stereocenters. The van der Waals surface area contributed by atoms with Crippen molar-refractivity contribution >= 4 is 50.8 Å². The predicted octanol–water partition coefficient (Wildman–Crippen LogP) is 8.02. The quantitative estimate of drug-likeness (QED) is 0.0576. The van der Waals surface area contributed by atoms with Crippen molar-refractivity contribution in [3.63, 3.8) is 0 Å². The number of hydrogen-bond donors (Lipinski definition) is 5. The summed E-state index contributed by atoms with van der Waals surface area (Å²) in [5, 5.41) is 45.1. The number of thiazole rings is 1. The highest BCUT2D eigenvalue weighted by Crippen LogP contribution is 2.59. The molecule has 9 heterocycles. The number of anilines is 1. The van der Waals surface area contributed by atoms with E-state index in [0.29, 0.717) is 93.8 Å². The fourth-order valence-corrected chi connectivity index (χ4v) is 13.4. The van der Waals surface area contributed by atoms with Crippen molar-refractivity contribution < 1.29 is 47.5 Å². The molecule has 2 bridgehead atoms. The number of piperazine rings is 1. The second kappa shape index (κ2) is 21.4. The Morgan fingerprint density at radius 1 is 1.01 bits per heavy atom. The second-order valence-corrected chi connectivity index (χ2v) is 23.7. The number of β-amino-alcohol motifs (C(OH)–C–C–N with tert-alkyl or cyclic N) is 1. The van der Waals surface area contributed by atoms with Crippen LogP contribution < -0.4 is 29.7 Å². The number of ether oxygens (including phenoxy) is 4. The lowest BCUT2D eigenvalue weighted by Gasteiger charge is -2.33. The van der Waals surface area contributed by atoms with Gasteiger partial charge in [-0.15, -0.1) is 16.4 Å². The number of halogens is 2.